The fourth-order valence-electron chi connectivity index (χ4n) is 0.868. The molecule has 1 heterocycles. The minimum absolute atomic E-state index is 0.0642. The standard InChI is InChI=1S/C7H13N3O/c1-6(8)2-4-10-5-3-9-7(10)11/h3,5-6H,2,4,8H2,1H3,(H,9,11). The summed E-state index contributed by atoms with van der Waals surface area (Å²) in [5.74, 6) is 0. The van der Waals surface area contributed by atoms with E-state index >= 15 is 0 Å². The third-order valence-corrected chi connectivity index (χ3v) is 1.55. The molecule has 0 bridgehead atoms. The number of nitrogens with two attached hydrogens (primary N) is 1. The van der Waals surface area contributed by atoms with E-state index in [2.05, 4.69) is 4.98 Å². The second-order valence-electron chi connectivity index (χ2n) is 2.72. The Kier molecular flexibility index (Phi) is 2.48. The molecule has 1 aromatic heterocycles. The topological polar surface area (TPSA) is 63.8 Å². The van der Waals surface area contributed by atoms with E-state index in [0.29, 0.717) is 6.54 Å². The van der Waals surface area contributed by atoms with Gasteiger partial charge < -0.3 is 10.7 Å². The first kappa shape index (κ1) is 8.07. The molecule has 0 radical (unpaired) electrons. The van der Waals surface area contributed by atoms with E-state index < -0.39 is 0 Å². The Hall–Kier alpha value is -1.03. The van der Waals surface area contributed by atoms with Crippen LogP contribution in [0.15, 0.2) is 17.2 Å². The predicted octanol–water partition coefficient (Wildman–Crippen LogP) is -0.0863. The first-order valence-corrected chi connectivity index (χ1v) is 3.69. The molecule has 11 heavy (non-hydrogen) atoms. The SMILES string of the molecule is CC(N)CCn1cc[nH]c1=O. The lowest BCUT2D eigenvalue weighted by molar-refractivity contribution is 0.560. The summed E-state index contributed by atoms with van der Waals surface area (Å²) in [4.78, 5) is 13.5. The Morgan fingerprint density at radius 3 is 3.00 bits per heavy atom. The van der Waals surface area contributed by atoms with Crippen molar-refractivity contribution < 1.29 is 0 Å². The third kappa shape index (κ3) is 2.23. The van der Waals surface area contributed by atoms with E-state index in [4.69, 9.17) is 5.73 Å². The number of hydrogen-bond donors (Lipinski definition) is 2. The highest BCUT2D eigenvalue weighted by Gasteiger charge is 1.97. The summed E-state index contributed by atoms with van der Waals surface area (Å²) in [5, 5.41) is 0. The largest absolute Gasteiger partial charge is 0.328 e. The summed E-state index contributed by atoms with van der Waals surface area (Å²) < 4.78 is 1.61. The molecule has 0 amide bonds. The van der Waals surface area contributed by atoms with Crippen LogP contribution < -0.4 is 11.4 Å². The first-order chi connectivity index (χ1) is 5.20. The molecule has 0 aliphatic carbocycles. The average Bonchev–Trinajstić information content (AvgIpc) is 2.31. The Morgan fingerprint density at radius 1 is 1.82 bits per heavy atom. The van der Waals surface area contributed by atoms with Gasteiger partial charge in [0.15, 0.2) is 0 Å². The summed E-state index contributed by atoms with van der Waals surface area (Å²) in [6.07, 6.45) is 4.19. The maximum atomic E-state index is 10.9. The number of aryl methyl sites for hydroxylation is 1. The van der Waals surface area contributed by atoms with E-state index in [0.717, 1.165) is 6.42 Å². The van der Waals surface area contributed by atoms with Crippen molar-refractivity contribution in [2.75, 3.05) is 0 Å². The van der Waals surface area contributed by atoms with E-state index in [1.165, 1.54) is 0 Å². The number of nitrogens with one attached hydrogen (secondary N) is 1. The van der Waals surface area contributed by atoms with E-state index in [-0.39, 0.29) is 11.7 Å². The van der Waals surface area contributed by atoms with Crippen molar-refractivity contribution in [3.8, 4) is 0 Å². The summed E-state index contributed by atoms with van der Waals surface area (Å²) in [7, 11) is 0. The normalized spacial score (nSPS) is 13.3. The van der Waals surface area contributed by atoms with Crippen LogP contribution >= 0.6 is 0 Å². The summed E-state index contributed by atoms with van der Waals surface area (Å²) in [6, 6.07) is 0.150. The lowest BCUT2D eigenvalue weighted by Crippen LogP contribution is -2.22. The zero-order chi connectivity index (χ0) is 8.27. The number of aromatic nitrogens is 2. The molecule has 62 valence electrons. The van der Waals surface area contributed by atoms with Crippen molar-refractivity contribution in [1.82, 2.24) is 9.55 Å². The molecule has 3 N–H and O–H groups in total. The number of nitrogens with zero attached hydrogens (tertiary/aromatic N) is 1. The molecule has 1 rings (SSSR count). The molecule has 0 saturated carbocycles. The van der Waals surface area contributed by atoms with Gasteiger partial charge in [-0.3, -0.25) is 4.57 Å². The maximum Gasteiger partial charge on any atom is 0.325 e. The van der Waals surface area contributed by atoms with Crippen molar-refractivity contribution in [3.63, 3.8) is 0 Å². The van der Waals surface area contributed by atoms with Gasteiger partial charge in [0.2, 0.25) is 0 Å². The van der Waals surface area contributed by atoms with Crippen LogP contribution in [0.1, 0.15) is 13.3 Å². The van der Waals surface area contributed by atoms with Crippen molar-refractivity contribution >= 4 is 0 Å². The molecule has 0 aliphatic rings. The van der Waals surface area contributed by atoms with Gasteiger partial charge in [0.25, 0.3) is 0 Å². The van der Waals surface area contributed by atoms with Gasteiger partial charge in [0.05, 0.1) is 0 Å². The number of rotatable bonds is 3. The Morgan fingerprint density at radius 2 is 2.55 bits per heavy atom. The molecule has 1 aromatic rings. The van der Waals surface area contributed by atoms with Gasteiger partial charge in [-0.25, -0.2) is 4.79 Å². The Balaban J connectivity index is 2.51. The first-order valence-electron chi connectivity index (χ1n) is 3.69. The minimum Gasteiger partial charge on any atom is -0.328 e. The molecule has 1 atom stereocenters. The van der Waals surface area contributed by atoms with Crippen LogP contribution in [0.25, 0.3) is 0 Å². The third-order valence-electron chi connectivity index (χ3n) is 1.55. The second kappa shape index (κ2) is 3.39. The van der Waals surface area contributed by atoms with Crippen LogP contribution in [-0.4, -0.2) is 15.6 Å². The fraction of sp³-hybridized carbons (Fsp3) is 0.571. The minimum atomic E-state index is -0.0642. The summed E-state index contributed by atoms with van der Waals surface area (Å²) >= 11 is 0. The monoisotopic (exact) mass is 155 g/mol. The van der Waals surface area contributed by atoms with Crippen LogP contribution in [0.5, 0.6) is 0 Å². The van der Waals surface area contributed by atoms with Crippen LogP contribution in [0.4, 0.5) is 0 Å². The zero-order valence-electron chi connectivity index (χ0n) is 6.58. The van der Waals surface area contributed by atoms with E-state index in [1.54, 1.807) is 17.0 Å². The molecule has 4 nitrogen and oxygen atoms in total. The molecule has 0 saturated heterocycles. The molecule has 1 unspecified atom stereocenters. The fourth-order valence-corrected chi connectivity index (χ4v) is 0.868. The molecule has 0 aromatic carbocycles. The smallest absolute Gasteiger partial charge is 0.325 e. The lowest BCUT2D eigenvalue weighted by atomic mass is 10.2. The number of H-pyrrole nitrogens is 1. The van der Waals surface area contributed by atoms with E-state index in [1.807, 2.05) is 6.92 Å². The van der Waals surface area contributed by atoms with Crippen LogP contribution in [0.2, 0.25) is 0 Å². The zero-order valence-corrected chi connectivity index (χ0v) is 6.58. The maximum absolute atomic E-state index is 10.9. The molecular formula is C7H13N3O. The molecular weight excluding hydrogens is 142 g/mol. The second-order valence-corrected chi connectivity index (χ2v) is 2.72. The van der Waals surface area contributed by atoms with Crippen molar-refractivity contribution in [1.29, 1.82) is 0 Å². The molecule has 0 aliphatic heterocycles. The Labute approximate surface area is 65.0 Å². The van der Waals surface area contributed by atoms with Gasteiger partial charge in [-0.05, 0) is 13.3 Å². The van der Waals surface area contributed by atoms with Gasteiger partial charge in [-0.1, -0.05) is 0 Å². The van der Waals surface area contributed by atoms with Crippen molar-refractivity contribution in [3.05, 3.63) is 22.9 Å². The van der Waals surface area contributed by atoms with E-state index in [9.17, 15) is 4.79 Å². The lowest BCUT2D eigenvalue weighted by Gasteiger charge is -2.03. The van der Waals surface area contributed by atoms with Gasteiger partial charge >= 0.3 is 5.69 Å². The van der Waals surface area contributed by atoms with Crippen LogP contribution in [0, 0.1) is 0 Å². The van der Waals surface area contributed by atoms with Gasteiger partial charge in [0, 0.05) is 25.0 Å². The number of aromatic amines is 1. The van der Waals surface area contributed by atoms with Crippen molar-refractivity contribution in [2.24, 2.45) is 5.73 Å². The number of imidazole rings is 1. The Bertz CT molecular complexity index is 261. The van der Waals surface area contributed by atoms with Crippen LogP contribution in [0.3, 0.4) is 0 Å². The van der Waals surface area contributed by atoms with Crippen molar-refractivity contribution in [2.45, 2.75) is 25.9 Å². The summed E-state index contributed by atoms with van der Waals surface area (Å²) in [5.41, 5.74) is 5.47. The summed E-state index contributed by atoms with van der Waals surface area (Å²) in [6.45, 7) is 2.62. The quantitative estimate of drug-likeness (QED) is 0.641. The van der Waals surface area contributed by atoms with Crippen LogP contribution in [-0.2, 0) is 6.54 Å². The highest BCUT2D eigenvalue weighted by atomic mass is 16.1. The van der Waals surface area contributed by atoms with Gasteiger partial charge in [-0.15, -0.1) is 0 Å². The average molecular weight is 155 g/mol. The predicted molar refractivity (Wildman–Crippen MR) is 43.3 cm³/mol. The highest BCUT2D eigenvalue weighted by Crippen LogP contribution is 1.89. The molecule has 0 fully saturated rings. The van der Waals surface area contributed by atoms with Gasteiger partial charge in [0.1, 0.15) is 0 Å². The highest BCUT2D eigenvalue weighted by molar-refractivity contribution is 4.75. The molecule has 0 spiro atoms. The molecule has 4 heteroatoms. The number of hydrogen-bond acceptors (Lipinski definition) is 2. The van der Waals surface area contributed by atoms with Gasteiger partial charge in [-0.2, -0.15) is 0 Å².